The third-order valence-electron chi connectivity index (χ3n) is 3.75. The molecule has 98 valence electrons. The van der Waals surface area contributed by atoms with Crippen molar-refractivity contribution in [1.29, 1.82) is 0 Å². The lowest BCUT2D eigenvalue weighted by molar-refractivity contribution is 0.0627. The molecule has 1 saturated carbocycles. The van der Waals surface area contributed by atoms with Crippen LogP contribution in [0.1, 0.15) is 23.3 Å². The predicted molar refractivity (Wildman–Crippen MR) is 70.9 cm³/mol. The molecule has 4 nitrogen and oxygen atoms in total. The Labute approximate surface area is 112 Å². The first-order valence-electron chi connectivity index (χ1n) is 6.58. The van der Waals surface area contributed by atoms with E-state index in [0.717, 1.165) is 32.1 Å². The molecule has 1 aromatic heterocycles. The van der Waals surface area contributed by atoms with Gasteiger partial charge in [0.2, 0.25) is 0 Å². The second-order valence-corrected chi connectivity index (χ2v) is 5.70. The first-order chi connectivity index (χ1) is 8.72. The van der Waals surface area contributed by atoms with Gasteiger partial charge >= 0.3 is 0 Å². The summed E-state index contributed by atoms with van der Waals surface area (Å²) in [6.07, 6.45) is 4.43. The average molecular weight is 268 g/mol. The molecule has 0 radical (unpaired) electrons. The Hall–Kier alpha value is -1.00. The molecule has 0 atom stereocenters. The number of carbonyl (C=O) groups excluding carboxylic acids is 1. The van der Waals surface area contributed by atoms with Crippen molar-refractivity contribution in [2.75, 3.05) is 32.7 Å². The number of nitrogens with zero attached hydrogens (tertiary/aromatic N) is 2. The van der Waals surface area contributed by atoms with E-state index in [0.29, 0.717) is 10.7 Å². The maximum absolute atomic E-state index is 12.2. The quantitative estimate of drug-likeness (QED) is 0.908. The second kappa shape index (κ2) is 4.94. The van der Waals surface area contributed by atoms with E-state index in [1.165, 1.54) is 19.4 Å². The van der Waals surface area contributed by atoms with Crippen LogP contribution in [0.15, 0.2) is 12.3 Å². The van der Waals surface area contributed by atoms with Crippen molar-refractivity contribution in [2.45, 2.75) is 12.8 Å². The normalized spacial score (nSPS) is 21.3. The first kappa shape index (κ1) is 12.1. The summed E-state index contributed by atoms with van der Waals surface area (Å²) in [4.78, 5) is 19.5. The van der Waals surface area contributed by atoms with Gasteiger partial charge in [-0.2, -0.15) is 0 Å². The SMILES string of the molecule is O=C(c1cc(Cl)c[nH]1)N1CCN(CC2CC2)CC1. The van der Waals surface area contributed by atoms with Crippen LogP contribution in [0.3, 0.4) is 0 Å². The molecule has 2 fully saturated rings. The molecule has 1 aliphatic heterocycles. The number of hydrogen-bond donors (Lipinski definition) is 1. The van der Waals surface area contributed by atoms with E-state index in [4.69, 9.17) is 11.6 Å². The van der Waals surface area contributed by atoms with E-state index in [1.54, 1.807) is 12.3 Å². The molecule has 0 spiro atoms. The summed E-state index contributed by atoms with van der Waals surface area (Å²) >= 11 is 5.82. The van der Waals surface area contributed by atoms with Crippen molar-refractivity contribution in [1.82, 2.24) is 14.8 Å². The molecule has 18 heavy (non-hydrogen) atoms. The molecular formula is C13H18ClN3O. The minimum Gasteiger partial charge on any atom is -0.356 e. The molecular weight excluding hydrogens is 250 g/mol. The van der Waals surface area contributed by atoms with Gasteiger partial charge in [-0.15, -0.1) is 0 Å². The zero-order valence-electron chi connectivity index (χ0n) is 10.4. The Kier molecular flexibility index (Phi) is 3.31. The van der Waals surface area contributed by atoms with Crippen LogP contribution < -0.4 is 0 Å². The topological polar surface area (TPSA) is 39.3 Å². The lowest BCUT2D eigenvalue weighted by Gasteiger charge is -2.34. The molecule has 0 aromatic carbocycles. The fourth-order valence-corrected chi connectivity index (χ4v) is 2.62. The van der Waals surface area contributed by atoms with Gasteiger partial charge < -0.3 is 9.88 Å². The number of halogens is 1. The number of aromatic nitrogens is 1. The summed E-state index contributed by atoms with van der Waals surface area (Å²) in [7, 11) is 0. The van der Waals surface area contributed by atoms with Gasteiger partial charge in [-0.05, 0) is 24.8 Å². The minimum atomic E-state index is 0.0629. The van der Waals surface area contributed by atoms with Crippen LogP contribution in [-0.4, -0.2) is 53.4 Å². The monoisotopic (exact) mass is 267 g/mol. The van der Waals surface area contributed by atoms with E-state index in [9.17, 15) is 4.79 Å². The fourth-order valence-electron chi connectivity index (χ4n) is 2.46. The van der Waals surface area contributed by atoms with Crippen LogP contribution in [0.2, 0.25) is 5.02 Å². The summed E-state index contributed by atoms with van der Waals surface area (Å²) in [6, 6.07) is 1.69. The number of piperazine rings is 1. The van der Waals surface area contributed by atoms with E-state index < -0.39 is 0 Å². The lowest BCUT2D eigenvalue weighted by atomic mass is 10.2. The predicted octanol–water partition coefficient (Wildman–Crippen LogP) is 1.84. The molecule has 2 heterocycles. The van der Waals surface area contributed by atoms with E-state index in [2.05, 4.69) is 9.88 Å². The fraction of sp³-hybridized carbons (Fsp3) is 0.615. The van der Waals surface area contributed by atoms with Gasteiger partial charge in [0.15, 0.2) is 0 Å². The molecule has 1 aliphatic carbocycles. The molecule has 1 aromatic rings. The van der Waals surface area contributed by atoms with Gasteiger partial charge in [0, 0.05) is 38.9 Å². The Morgan fingerprint density at radius 3 is 2.61 bits per heavy atom. The standard InChI is InChI=1S/C13H18ClN3O/c14-11-7-12(15-8-11)13(18)17-5-3-16(4-6-17)9-10-1-2-10/h7-8,10,15H,1-6,9H2. The maximum Gasteiger partial charge on any atom is 0.270 e. The van der Waals surface area contributed by atoms with E-state index in [-0.39, 0.29) is 5.91 Å². The zero-order valence-corrected chi connectivity index (χ0v) is 11.1. The number of carbonyl (C=O) groups is 1. The number of rotatable bonds is 3. The van der Waals surface area contributed by atoms with Gasteiger partial charge in [0.1, 0.15) is 5.69 Å². The third-order valence-corrected chi connectivity index (χ3v) is 3.97. The first-order valence-corrected chi connectivity index (χ1v) is 6.96. The third kappa shape index (κ3) is 2.70. The van der Waals surface area contributed by atoms with Crippen molar-refractivity contribution >= 4 is 17.5 Å². The largest absolute Gasteiger partial charge is 0.356 e. The van der Waals surface area contributed by atoms with Crippen LogP contribution in [0, 0.1) is 5.92 Å². The molecule has 2 aliphatic rings. The van der Waals surface area contributed by atoms with Crippen molar-refractivity contribution < 1.29 is 4.79 Å². The van der Waals surface area contributed by atoms with Crippen LogP contribution in [0.5, 0.6) is 0 Å². The average Bonchev–Trinajstić information content (AvgIpc) is 3.09. The van der Waals surface area contributed by atoms with Crippen molar-refractivity contribution in [3.05, 3.63) is 23.0 Å². The van der Waals surface area contributed by atoms with Crippen LogP contribution >= 0.6 is 11.6 Å². The zero-order chi connectivity index (χ0) is 12.5. The van der Waals surface area contributed by atoms with E-state index in [1.807, 2.05) is 4.90 Å². The number of nitrogens with one attached hydrogen (secondary N) is 1. The number of aromatic amines is 1. The van der Waals surface area contributed by atoms with Crippen molar-refractivity contribution in [3.8, 4) is 0 Å². The highest BCUT2D eigenvalue weighted by Crippen LogP contribution is 2.30. The van der Waals surface area contributed by atoms with E-state index >= 15 is 0 Å². The number of amides is 1. The highest BCUT2D eigenvalue weighted by atomic mass is 35.5. The molecule has 1 N–H and O–H groups in total. The molecule has 1 amide bonds. The highest BCUT2D eigenvalue weighted by molar-refractivity contribution is 6.30. The van der Waals surface area contributed by atoms with Gasteiger partial charge in [0.05, 0.1) is 5.02 Å². The Bertz CT molecular complexity index is 433. The summed E-state index contributed by atoms with van der Waals surface area (Å²) in [5.41, 5.74) is 0.593. The number of H-pyrrole nitrogens is 1. The molecule has 3 rings (SSSR count). The highest BCUT2D eigenvalue weighted by Gasteiger charge is 2.28. The number of hydrogen-bond acceptors (Lipinski definition) is 2. The second-order valence-electron chi connectivity index (χ2n) is 5.27. The van der Waals surface area contributed by atoms with Gasteiger partial charge in [0.25, 0.3) is 5.91 Å². The Morgan fingerprint density at radius 2 is 2.06 bits per heavy atom. The summed E-state index contributed by atoms with van der Waals surface area (Å²) < 4.78 is 0. The maximum atomic E-state index is 12.2. The molecule has 5 heteroatoms. The van der Waals surface area contributed by atoms with Gasteiger partial charge in [-0.3, -0.25) is 9.69 Å². The molecule has 0 bridgehead atoms. The lowest BCUT2D eigenvalue weighted by Crippen LogP contribution is -2.49. The summed E-state index contributed by atoms with van der Waals surface area (Å²) in [5.74, 6) is 0.988. The van der Waals surface area contributed by atoms with Crippen molar-refractivity contribution in [2.24, 2.45) is 5.92 Å². The molecule has 0 unspecified atom stereocenters. The van der Waals surface area contributed by atoms with Crippen LogP contribution in [0.25, 0.3) is 0 Å². The minimum absolute atomic E-state index is 0.0629. The molecule has 1 saturated heterocycles. The summed E-state index contributed by atoms with van der Waals surface area (Å²) in [5, 5.41) is 0.589. The van der Waals surface area contributed by atoms with Gasteiger partial charge in [-0.25, -0.2) is 0 Å². The van der Waals surface area contributed by atoms with Gasteiger partial charge in [-0.1, -0.05) is 11.6 Å². The Balaban J connectivity index is 1.53. The smallest absolute Gasteiger partial charge is 0.270 e. The van der Waals surface area contributed by atoms with Crippen LogP contribution in [0.4, 0.5) is 0 Å². The summed E-state index contributed by atoms with van der Waals surface area (Å²) in [6.45, 7) is 4.86. The van der Waals surface area contributed by atoms with Crippen LogP contribution in [-0.2, 0) is 0 Å². The Morgan fingerprint density at radius 1 is 1.33 bits per heavy atom. The van der Waals surface area contributed by atoms with Crippen molar-refractivity contribution in [3.63, 3.8) is 0 Å².